The highest BCUT2D eigenvalue weighted by molar-refractivity contribution is 6.30. The van der Waals surface area contributed by atoms with Crippen molar-refractivity contribution in [1.82, 2.24) is 10.2 Å². The molecule has 0 aliphatic heterocycles. The summed E-state index contributed by atoms with van der Waals surface area (Å²) in [5.74, 6) is -1.84. The largest absolute Gasteiger partial charge is 0.480 e. The Morgan fingerprint density at radius 2 is 1.78 bits per heavy atom. The van der Waals surface area contributed by atoms with Crippen molar-refractivity contribution in [3.63, 3.8) is 0 Å². The zero-order valence-electron chi connectivity index (χ0n) is 13.0. The summed E-state index contributed by atoms with van der Waals surface area (Å²) in [4.78, 5) is 37.2. The van der Waals surface area contributed by atoms with Gasteiger partial charge in [-0.3, -0.25) is 9.59 Å². The fraction of sp³-hybridized carbons (Fsp3) is 0.438. The first-order valence-corrected chi connectivity index (χ1v) is 7.80. The monoisotopic (exact) mass is 338 g/mol. The minimum atomic E-state index is -1.05. The number of benzene rings is 1. The fourth-order valence-corrected chi connectivity index (χ4v) is 2.45. The summed E-state index contributed by atoms with van der Waals surface area (Å²) < 4.78 is 0. The highest BCUT2D eigenvalue weighted by Crippen LogP contribution is 2.29. The Bertz CT molecular complexity index is 613. The van der Waals surface area contributed by atoms with Gasteiger partial charge in [0.2, 0.25) is 5.91 Å². The van der Waals surface area contributed by atoms with Crippen LogP contribution < -0.4 is 5.32 Å². The molecule has 0 saturated heterocycles. The van der Waals surface area contributed by atoms with Crippen molar-refractivity contribution in [2.75, 3.05) is 0 Å². The van der Waals surface area contributed by atoms with Crippen LogP contribution in [0.25, 0.3) is 0 Å². The molecule has 1 aliphatic rings. The Hall–Kier alpha value is -2.08. The molecule has 6 nitrogen and oxygen atoms in total. The molecule has 23 heavy (non-hydrogen) atoms. The van der Waals surface area contributed by atoms with E-state index in [0.717, 1.165) is 12.8 Å². The Morgan fingerprint density at radius 1 is 1.22 bits per heavy atom. The minimum Gasteiger partial charge on any atom is -0.480 e. The van der Waals surface area contributed by atoms with Gasteiger partial charge in [-0.25, -0.2) is 4.79 Å². The molecule has 0 aromatic heterocycles. The highest BCUT2D eigenvalue weighted by Gasteiger charge is 2.40. The summed E-state index contributed by atoms with van der Waals surface area (Å²) in [5, 5.41) is 12.3. The fourth-order valence-electron chi connectivity index (χ4n) is 2.33. The lowest BCUT2D eigenvalue weighted by atomic mass is 10.1. The molecule has 124 valence electrons. The number of carboxylic acid groups (broad SMARTS) is 1. The van der Waals surface area contributed by atoms with Gasteiger partial charge in [-0.15, -0.1) is 0 Å². The molecule has 0 radical (unpaired) electrons. The molecule has 2 atom stereocenters. The zero-order chi connectivity index (χ0) is 17.1. The second-order valence-corrected chi connectivity index (χ2v) is 6.13. The third kappa shape index (κ3) is 4.22. The number of halogens is 1. The number of hydrogen-bond donors (Lipinski definition) is 2. The van der Waals surface area contributed by atoms with Gasteiger partial charge in [-0.2, -0.15) is 0 Å². The number of carbonyl (C=O) groups excluding carboxylic acids is 2. The van der Waals surface area contributed by atoms with Crippen LogP contribution >= 0.6 is 11.6 Å². The second-order valence-electron chi connectivity index (χ2n) is 5.69. The molecule has 1 aromatic rings. The summed E-state index contributed by atoms with van der Waals surface area (Å²) >= 11 is 5.77. The quantitative estimate of drug-likeness (QED) is 0.829. The molecule has 2 amide bonds. The average molecular weight is 339 g/mol. The molecule has 1 aromatic carbocycles. The normalized spacial score (nSPS) is 16.3. The van der Waals surface area contributed by atoms with E-state index in [1.165, 1.54) is 11.8 Å². The van der Waals surface area contributed by atoms with Crippen LogP contribution in [0.1, 0.15) is 37.0 Å². The van der Waals surface area contributed by atoms with Crippen LogP contribution in [0.15, 0.2) is 24.3 Å². The van der Waals surface area contributed by atoms with Crippen LogP contribution in [0.3, 0.4) is 0 Å². The van der Waals surface area contributed by atoms with Crippen LogP contribution in [0.2, 0.25) is 5.02 Å². The van der Waals surface area contributed by atoms with Crippen LogP contribution in [0.5, 0.6) is 0 Å². The molecular formula is C16H19ClN2O4. The molecule has 2 rings (SSSR count). The van der Waals surface area contributed by atoms with Gasteiger partial charge in [0.1, 0.15) is 12.1 Å². The van der Waals surface area contributed by atoms with E-state index in [4.69, 9.17) is 16.7 Å². The number of aliphatic carboxylic acids is 1. The van der Waals surface area contributed by atoms with E-state index in [1.807, 2.05) is 0 Å². The number of hydrogen-bond acceptors (Lipinski definition) is 3. The summed E-state index contributed by atoms with van der Waals surface area (Å²) in [6.45, 7) is 3.03. The molecule has 1 fully saturated rings. The van der Waals surface area contributed by atoms with Crippen molar-refractivity contribution in [3.8, 4) is 0 Å². The molecule has 2 unspecified atom stereocenters. The highest BCUT2D eigenvalue weighted by atomic mass is 35.5. The first kappa shape index (κ1) is 17.3. The predicted molar refractivity (Wildman–Crippen MR) is 85.3 cm³/mol. The molecule has 0 spiro atoms. The first-order valence-electron chi connectivity index (χ1n) is 7.42. The van der Waals surface area contributed by atoms with E-state index >= 15 is 0 Å². The van der Waals surface area contributed by atoms with Crippen molar-refractivity contribution < 1.29 is 19.5 Å². The van der Waals surface area contributed by atoms with E-state index in [-0.39, 0.29) is 11.9 Å². The van der Waals surface area contributed by atoms with Gasteiger partial charge in [0, 0.05) is 16.6 Å². The van der Waals surface area contributed by atoms with E-state index in [2.05, 4.69) is 5.32 Å². The number of amides is 2. The maximum absolute atomic E-state index is 12.5. The van der Waals surface area contributed by atoms with Crippen molar-refractivity contribution in [2.24, 2.45) is 0 Å². The summed E-state index contributed by atoms with van der Waals surface area (Å²) in [6.07, 6.45) is 1.59. The van der Waals surface area contributed by atoms with Gasteiger partial charge in [-0.1, -0.05) is 11.6 Å². The third-order valence-electron chi connectivity index (χ3n) is 3.79. The minimum absolute atomic E-state index is 0.0523. The molecular weight excluding hydrogens is 320 g/mol. The molecule has 2 N–H and O–H groups in total. The Balaban J connectivity index is 2.04. The van der Waals surface area contributed by atoms with Crippen LogP contribution in [-0.4, -0.2) is 45.9 Å². The maximum Gasteiger partial charge on any atom is 0.326 e. The summed E-state index contributed by atoms with van der Waals surface area (Å²) in [5.41, 5.74) is 0.387. The van der Waals surface area contributed by atoms with Gasteiger partial charge in [0.15, 0.2) is 0 Å². The van der Waals surface area contributed by atoms with Crippen LogP contribution in [-0.2, 0) is 9.59 Å². The van der Waals surface area contributed by atoms with Crippen molar-refractivity contribution in [1.29, 1.82) is 0 Å². The number of carboxylic acids is 1. The van der Waals surface area contributed by atoms with E-state index in [1.54, 1.807) is 31.2 Å². The molecule has 7 heteroatoms. The number of carbonyl (C=O) groups is 3. The van der Waals surface area contributed by atoms with Crippen molar-refractivity contribution in [3.05, 3.63) is 34.9 Å². The Kier molecular flexibility index (Phi) is 5.26. The van der Waals surface area contributed by atoms with Gasteiger partial charge >= 0.3 is 5.97 Å². The molecule has 1 saturated carbocycles. The van der Waals surface area contributed by atoms with Crippen LogP contribution in [0, 0.1) is 0 Å². The lowest BCUT2D eigenvalue weighted by molar-refractivity contribution is -0.150. The lowest BCUT2D eigenvalue weighted by Gasteiger charge is -2.29. The smallest absolute Gasteiger partial charge is 0.326 e. The van der Waals surface area contributed by atoms with E-state index in [0.29, 0.717) is 10.6 Å². The SMILES string of the molecule is CC(NC(=O)c1ccc(Cl)cc1)C(=O)N(C1CC1)C(C)C(=O)O. The predicted octanol–water partition coefficient (Wildman–Crippen LogP) is 1.92. The lowest BCUT2D eigenvalue weighted by Crippen LogP contribution is -2.52. The van der Waals surface area contributed by atoms with Crippen molar-refractivity contribution in [2.45, 2.75) is 44.8 Å². The Morgan fingerprint density at radius 3 is 2.26 bits per heavy atom. The van der Waals surface area contributed by atoms with Crippen LogP contribution in [0.4, 0.5) is 0 Å². The maximum atomic E-state index is 12.5. The molecule has 1 aliphatic carbocycles. The number of rotatable bonds is 6. The van der Waals surface area contributed by atoms with Crippen molar-refractivity contribution >= 4 is 29.4 Å². The molecule has 0 bridgehead atoms. The molecule has 0 heterocycles. The van der Waals surface area contributed by atoms with Gasteiger partial charge in [0.05, 0.1) is 0 Å². The van der Waals surface area contributed by atoms with E-state index in [9.17, 15) is 14.4 Å². The van der Waals surface area contributed by atoms with Gasteiger partial charge in [-0.05, 0) is 51.0 Å². The topological polar surface area (TPSA) is 86.7 Å². The standard InChI is InChI=1S/C16H19ClN2O4/c1-9(18-14(20)11-3-5-12(17)6-4-11)15(21)19(13-7-8-13)10(2)16(22)23/h3-6,9-10,13H,7-8H2,1-2H3,(H,18,20)(H,22,23). The van der Waals surface area contributed by atoms with E-state index < -0.39 is 24.0 Å². The second kappa shape index (κ2) is 7.00. The van der Waals surface area contributed by atoms with Gasteiger partial charge in [0.25, 0.3) is 5.91 Å². The number of nitrogens with one attached hydrogen (secondary N) is 1. The average Bonchev–Trinajstić information content (AvgIpc) is 3.32. The summed E-state index contributed by atoms with van der Waals surface area (Å²) in [7, 11) is 0. The third-order valence-corrected chi connectivity index (χ3v) is 4.05. The van der Waals surface area contributed by atoms with Gasteiger partial charge < -0.3 is 15.3 Å². The zero-order valence-corrected chi connectivity index (χ0v) is 13.7. The number of nitrogens with zero attached hydrogens (tertiary/aromatic N) is 1. The Labute approximate surface area is 139 Å². The summed E-state index contributed by atoms with van der Waals surface area (Å²) in [6, 6.07) is 4.53. The first-order chi connectivity index (χ1) is 10.8.